The van der Waals surface area contributed by atoms with Gasteiger partial charge in [-0.15, -0.1) is 0 Å². The van der Waals surface area contributed by atoms with E-state index in [1.165, 1.54) is 0 Å². The van der Waals surface area contributed by atoms with Crippen molar-refractivity contribution in [3.05, 3.63) is 29.3 Å². The van der Waals surface area contributed by atoms with Crippen molar-refractivity contribution in [1.29, 1.82) is 0 Å². The van der Waals surface area contributed by atoms with Crippen LogP contribution in [0.2, 0.25) is 0 Å². The number of ether oxygens (including phenoxy) is 2. The van der Waals surface area contributed by atoms with Crippen molar-refractivity contribution in [2.75, 3.05) is 40.8 Å². The molecule has 3 aliphatic rings. The normalized spacial score (nSPS) is 33.2. The quantitative estimate of drug-likeness (QED) is 0.840. The van der Waals surface area contributed by atoms with Crippen LogP contribution in [0.25, 0.3) is 0 Å². The average Bonchev–Trinajstić information content (AvgIpc) is 3.23. The molecule has 0 radical (unpaired) electrons. The predicted octanol–water partition coefficient (Wildman–Crippen LogP) is 2.18. The summed E-state index contributed by atoms with van der Waals surface area (Å²) < 4.78 is 11.7. The lowest BCUT2D eigenvalue weighted by molar-refractivity contribution is 0.00256. The Hall–Kier alpha value is -1.59. The summed E-state index contributed by atoms with van der Waals surface area (Å²) in [5.74, 6) is 1.95. The Kier molecular flexibility index (Phi) is 4.04. The van der Waals surface area contributed by atoms with Crippen LogP contribution in [-0.4, -0.2) is 68.3 Å². The Morgan fingerprint density at radius 1 is 1.44 bits per heavy atom. The van der Waals surface area contributed by atoms with Crippen LogP contribution in [0.1, 0.15) is 28.8 Å². The summed E-state index contributed by atoms with van der Waals surface area (Å²) in [5, 5.41) is 0. The molecule has 136 valence electrons. The highest BCUT2D eigenvalue weighted by molar-refractivity contribution is 5.95. The van der Waals surface area contributed by atoms with E-state index >= 15 is 0 Å². The molecule has 3 aliphatic heterocycles. The first-order valence-corrected chi connectivity index (χ1v) is 9.20. The molecule has 2 bridgehead atoms. The van der Waals surface area contributed by atoms with E-state index in [9.17, 15) is 4.79 Å². The lowest BCUT2D eigenvalue weighted by Gasteiger charge is -2.30. The predicted molar refractivity (Wildman–Crippen MR) is 96.0 cm³/mol. The zero-order valence-corrected chi connectivity index (χ0v) is 15.6. The molecule has 1 aromatic carbocycles. The second-order valence-corrected chi connectivity index (χ2v) is 8.16. The molecular formula is C20H28N2O3. The summed E-state index contributed by atoms with van der Waals surface area (Å²) in [6.45, 7) is 4.58. The van der Waals surface area contributed by atoms with Crippen molar-refractivity contribution in [3.63, 3.8) is 0 Å². The van der Waals surface area contributed by atoms with E-state index in [1.807, 2.05) is 30.0 Å². The molecule has 0 N–H and O–H groups in total. The first-order chi connectivity index (χ1) is 11.9. The smallest absolute Gasteiger partial charge is 0.253 e. The van der Waals surface area contributed by atoms with Crippen molar-refractivity contribution in [2.24, 2.45) is 11.8 Å². The third-order valence-electron chi connectivity index (χ3n) is 6.29. The number of hydrogen-bond donors (Lipinski definition) is 0. The molecule has 4 atom stereocenters. The fourth-order valence-electron chi connectivity index (χ4n) is 5.21. The molecule has 0 aliphatic carbocycles. The molecule has 1 amide bonds. The Morgan fingerprint density at radius 3 is 2.92 bits per heavy atom. The highest BCUT2D eigenvalue weighted by atomic mass is 16.5. The van der Waals surface area contributed by atoms with Gasteiger partial charge >= 0.3 is 0 Å². The number of benzene rings is 1. The molecule has 1 aromatic rings. The van der Waals surface area contributed by atoms with Gasteiger partial charge in [0, 0.05) is 30.5 Å². The van der Waals surface area contributed by atoms with Crippen molar-refractivity contribution >= 4 is 5.91 Å². The van der Waals surface area contributed by atoms with Crippen molar-refractivity contribution in [1.82, 2.24) is 9.80 Å². The van der Waals surface area contributed by atoms with Gasteiger partial charge in [0.15, 0.2) is 0 Å². The van der Waals surface area contributed by atoms with E-state index in [0.29, 0.717) is 17.9 Å². The van der Waals surface area contributed by atoms with Crippen LogP contribution in [0, 0.1) is 18.8 Å². The van der Waals surface area contributed by atoms with Crippen molar-refractivity contribution < 1.29 is 14.3 Å². The summed E-state index contributed by atoms with van der Waals surface area (Å²) in [6, 6.07) is 5.69. The molecular weight excluding hydrogens is 316 g/mol. The number of methoxy groups -OCH3 is 1. The number of likely N-dealkylation sites (tertiary alicyclic amines) is 1. The Labute approximate surface area is 149 Å². The van der Waals surface area contributed by atoms with E-state index < -0.39 is 0 Å². The fraction of sp³-hybridized carbons (Fsp3) is 0.650. The Bertz CT molecular complexity index is 690. The third-order valence-corrected chi connectivity index (χ3v) is 6.29. The SMILES string of the molecule is COc1ccc(C(=O)N2C[C@@H]3[C@H](CN(C)C)[C@H]4CC[C@]3(C2)O4)cc1C. The average molecular weight is 344 g/mol. The van der Waals surface area contributed by atoms with Crippen LogP contribution in [0.5, 0.6) is 5.75 Å². The molecule has 1 spiro atoms. The largest absolute Gasteiger partial charge is 0.496 e. The van der Waals surface area contributed by atoms with Crippen LogP contribution in [-0.2, 0) is 4.74 Å². The molecule has 5 heteroatoms. The molecule has 3 heterocycles. The minimum absolute atomic E-state index is 0.0947. The number of carbonyl (C=O) groups is 1. The van der Waals surface area contributed by atoms with Gasteiger partial charge in [-0.05, 0) is 57.6 Å². The first kappa shape index (κ1) is 16.9. The zero-order valence-electron chi connectivity index (χ0n) is 15.6. The molecule has 0 saturated carbocycles. The Balaban J connectivity index is 1.54. The summed E-state index contributed by atoms with van der Waals surface area (Å²) >= 11 is 0. The van der Waals surface area contributed by atoms with E-state index in [0.717, 1.165) is 49.4 Å². The standard InChI is InChI=1S/C20H28N2O3/c1-13-9-14(5-6-17(13)24-4)19(23)22-11-16-15(10-21(2)3)18-7-8-20(16,12-22)25-18/h5-6,9,15-16,18H,7-8,10-12H2,1-4H3/t15-,16+,18+,20+/m0/s1. The first-order valence-electron chi connectivity index (χ1n) is 9.20. The maximum absolute atomic E-state index is 13.0. The van der Waals surface area contributed by atoms with Gasteiger partial charge in [0.25, 0.3) is 5.91 Å². The van der Waals surface area contributed by atoms with Gasteiger partial charge < -0.3 is 19.3 Å². The molecule has 5 nitrogen and oxygen atoms in total. The maximum Gasteiger partial charge on any atom is 0.253 e. The van der Waals surface area contributed by atoms with Crippen LogP contribution in [0.4, 0.5) is 0 Å². The topological polar surface area (TPSA) is 42.0 Å². The van der Waals surface area contributed by atoms with Crippen LogP contribution in [0.3, 0.4) is 0 Å². The number of fused-ring (bicyclic) bond motifs is 1. The molecule has 3 saturated heterocycles. The number of rotatable bonds is 4. The number of nitrogens with zero attached hydrogens (tertiary/aromatic N) is 2. The van der Waals surface area contributed by atoms with Gasteiger partial charge in [0.2, 0.25) is 0 Å². The van der Waals surface area contributed by atoms with Crippen LogP contribution >= 0.6 is 0 Å². The summed E-state index contributed by atoms with van der Waals surface area (Å²) in [4.78, 5) is 17.3. The summed E-state index contributed by atoms with van der Waals surface area (Å²) in [7, 11) is 5.90. The van der Waals surface area contributed by atoms with Gasteiger partial charge in [-0.1, -0.05) is 0 Å². The van der Waals surface area contributed by atoms with Gasteiger partial charge in [-0.3, -0.25) is 4.79 Å². The van der Waals surface area contributed by atoms with Crippen LogP contribution in [0.15, 0.2) is 18.2 Å². The minimum atomic E-state index is -0.0947. The number of carbonyl (C=O) groups excluding carboxylic acids is 1. The van der Waals surface area contributed by atoms with Gasteiger partial charge in [0.1, 0.15) is 5.75 Å². The molecule has 3 fully saturated rings. The highest BCUT2D eigenvalue weighted by Crippen LogP contribution is 2.55. The molecule has 4 rings (SSSR count). The van der Waals surface area contributed by atoms with Gasteiger partial charge in [-0.25, -0.2) is 0 Å². The Morgan fingerprint density at radius 2 is 2.24 bits per heavy atom. The zero-order chi connectivity index (χ0) is 17.8. The van der Waals surface area contributed by atoms with Crippen molar-refractivity contribution in [3.8, 4) is 5.75 Å². The second kappa shape index (κ2) is 5.99. The summed E-state index contributed by atoms with van der Waals surface area (Å²) in [5.41, 5.74) is 1.64. The lowest BCUT2D eigenvalue weighted by Crippen LogP contribution is -2.40. The van der Waals surface area contributed by atoms with Crippen molar-refractivity contribution in [2.45, 2.75) is 31.5 Å². The van der Waals surface area contributed by atoms with Crippen LogP contribution < -0.4 is 4.74 Å². The summed E-state index contributed by atoms with van der Waals surface area (Å²) in [6.07, 6.45) is 2.61. The monoisotopic (exact) mass is 344 g/mol. The molecule has 0 unspecified atom stereocenters. The van der Waals surface area contributed by atoms with E-state index in [2.05, 4.69) is 19.0 Å². The second-order valence-electron chi connectivity index (χ2n) is 8.16. The molecule has 0 aromatic heterocycles. The van der Waals surface area contributed by atoms with E-state index in [1.54, 1.807) is 7.11 Å². The fourth-order valence-corrected chi connectivity index (χ4v) is 5.21. The minimum Gasteiger partial charge on any atom is -0.496 e. The van der Waals surface area contributed by atoms with E-state index in [4.69, 9.17) is 9.47 Å². The number of hydrogen-bond acceptors (Lipinski definition) is 4. The molecule has 25 heavy (non-hydrogen) atoms. The maximum atomic E-state index is 13.0. The lowest BCUT2D eigenvalue weighted by atomic mass is 9.73. The number of amides is 1. The van der Waals surface area contributed by atoms with E-state index in [-0.39, 0.29) is 11.5 Å². The third kappa shape index (κ3) is 2.64. The highest BCUT2D eigenvalue weighted by Gasteiger charge is 2.63. The van der Waals surface area contributed by atoms with Gasteiger partial charge in [-0.2, -0.15) is 0 Å². The van der Waals surface area contributed by atoms with Gasteiger partial charge in [0.05, 0.1) is 25.4 Å². The number of aryl methyl sites for hydroxylation is 1.